The summed E-state index contributed by atoms with van der Waals surface area (Å²) in [6.07, 6.45) is 3.70. The summed E-state index contributed by atoms with van der Waals surface area (Å²) in [6.45, 7) is 19.7. The smallest absolute Gasteiger partial charge is 0.0287 e. The highest BCUT2D eigenvalue weighted by Crippen LogP contribution is 2.25. The van der Waals surface area contributed by atoms with Gasteiger partial charge in [0.1, 0.15) is 0 Å². The predicted molar refractivity (Wildman–Crippen MR) is 110 cm³/mol. The number of aryl methyl sites for hydroxylation is 1. The van der Waals surface area contributed by atoms with Crippen LogP contribution in [0.15, 0.2) is 35.9 Å². The van der Waals surface area contributed by atoms with Gasteiger partial charge in [0.2, 0.25) is 0 Å². The molecule has 1 aliphatic rings. The standard InChI is InChI=1S/C23H38N2/c1-18(2)15-23(16-21(6)22-9-7-20(5)8-10-22)25-13-11-24(12-14-25)17-19(3)4/h7-10,15,19,21,23H,11-14,16-17H2,1-6H3. The van der Waals surface area contributed by atoms with E-state index in [1.165, 1.54) is 55.8 Å². The zero-order valence-corrected chi connectivity index (χ0v) is 17.3. The molecule has 1 aromatic rings. The van der Waals surface area contributed by atoms with E-state index in [2.05, 4.69) is 81.7 Å². The molecule has 1 fully saturated rings. The summed E-state index contributed by atoms with van der Waals surface area (Å²) >= 11 is 0. The van der Waals surface area contributed by atoms with Gasteiger partial charge < -0.3 is 4.90 Å². The molecule has 25 heavy (non-hydrogen) atoms. The van der Waals surface area contributed by atoms with Crippen molar-refractivity contribution in [3.63, 3.8) is 0 Å². The van der Waals surface area contributed by atoms with E-state index in [1.54, 1.807) is 0 Å². The first-order valence-electron chi connectivity index (χ1n) is 10.0. The zero-order chi connectivity index (χ0) is 18.4. The quantitative estimate of drug-likeness (QED) is 0.636. The summed E-state index contributed by atoms with van der Waals surface area (Å²) in [7, 11) is 0. The van der Waals surface area contributed by atoms with Crippen molar-refractivity contribution >= 4 is 0 Å². The molecule has 0 aliphatic carbocycles. The molecule has 0 radical (unpaired) electrons. The first kappa shape index (κ1) is 20.2. The lowest BCUT2D eigenvalue weighted by Crippen LogP contribution is -2.50. The summed E-state index contributed by atoms with van der Waals surface area (Å²) in [5.41, 5.74) is 4.25. The third-order valence-electron chi connectivity index (χ3n) is 5.27. The molecule has 1 saturated heterocycles. The molecule has 140 valence electrons. The second-order valence-corrected chi connectivity index (χ2v) is 8.59. The molecule has 0 bridgehead atoms. The molecule has 1 aromatic carbocycles. The van der Waals surface area contributed by atoms with E-state index in [4.69, 9.17) is 0 Å². The van der Waals surface area contributed by atoms with E-state index >= 15 is 0 Å². The van der Waals surface area contributed by atoms with Crippen molar-refractivity contribution in [2.45, 2.75) is 59.9 Å². The van der Waals surface area contributed by atoms with Gasteiger partial charge in [-0.05, 0) is 44.6 Å². The van der Waals surface area contributed by atoms with E-state index in [-0.39, 0.29) is 0 Å². The number of benzene rings is 1. The number of allylic oxidation sites excluding steroid dienone is 1. The Kier molecular flexibility index (Phi) is 7.71. The van der Waals surface area contributed by atoms with Crippen LogP contribution in [0.5, 0.6) is 0 Å². The van der Waals surface area contributed by atoms with E-state index < -0.39 is 0 Å². The van der Waals surface area contributed by atoms with Crippen LogP contribution < -0.4 is 0 Å². The number of piperazine rings is 1. The van der Waals surface area contributed by atoms with Crippen LogP contribution in [-0.4, -0.2) is 48.6 Å². The molecule has 0 spiro atoms. The third-order valence-corrected chi connectivity index (χ3v) is 5.27. The molecule has 0 amide bonds. The number of hydrogen-bond donors (Lipinski definition) is 0. The molecule has 0 saturated carbocycles. The molecule has 2 rings (SSSR count). The van der Waals surface area contributed by atoms with Crippen LogP contribution in [0.2, 0.25) is 0 Å². The maximum atomic E-state index is 2.70. The van der Waals surface area contributed by atoms with Gasteiger partial charge in [0.05, 0.1) is 0 Å². The van der Waals surface area contributed by atoms with E-state index in [0.717, 1.165) is 5.92 Å². The van der Waals surface area contributed by atoms with Gasteiger partial charge >= 0.3 is 0 Å². The van der Waals surface area contributed by atoms with E-state index in [9.17, 15) is 0 Å². The Balaban J connectivity index is 1.99. The molecule has 2 unspecified atom stereocenters. The second kappa shape index (κ2) is 9.54. The third kappa shape index (κ3) is 6.60. The highest BCUT2D eigenvalue weighted by atomic mass is 15.3. The fourth-order valence-corrected chi connectivity index (χ4v) is 3.89. The van der Waals surface area contributed by atoms with Crippen LogP contribution in [0.3, 0.4) is 0 Å². The normalized spacial score (nSPS) is 19.0. The van der Waals surface area contributed by atoms with Crippen LogP contribution in [-0.2, 0) is 0 Å². The van der Waals surface area contributed by atoms with Crippen LogP contribution in [0.4, 0.5) is 0 Å². The van der Waals surface area contributed by atoms with Crippen LogP contribution in [0.25, 0.3) is 0 Å². The summed E-state index contributed by atoms with van der Waals surface area (Å²) in [6, 6.07) is 9.65. The summed E-state index contributed by atoms with van der Waals surface area (Å²) in [5.74, 6) is 1.36. The Morgan fingerprint density at radius 3 is 2.12 bits per heavy atom. The Bertz CT molecular complexity index is 532. The molecule has 2 atom stereocenters. The first-order valence-corrected chi connectivity index (χ1v) is 10.0. The van der Waals surface area contributed by atoms with Crippen molar-refractivity contribution in [2.24, 2.45) is 5.92 Å². The van der Waals surface area contributed by atoms with Gasteiger partial charge in [0.25, 0.3) is 0 Å². The highest BCUT2D eigenvalue weighted by Gasteiger charge is 2.24. The molecular formula is C23H38N2. The maximum Gasteiger partial charge on any atom is 0.0287 e. The molecule has 1 heterocycles. The van der Waals surface area contributed by atoms with E-state index in [0.29, 0.717) is 12.0 Å². The van der Waals surface area contributed by atoms with Gasteiger partial charge in [-0.2, -0.15) is 0 Å². The van der Waals surface area contributed by atoms with E-state index in [1.807, 2.05) is 0 Å². The van der Waals surface area contributed by atoms with Crippen molar-refractivity contribution in [3.8, 4) is 0 Å². The molecule has 0 N–H and O–H groups in total. The van der Waals surface area contributed by atoms with Crippen molar-refractivity contribution < 1.29 is 0 Å². The maximum absolute atomic E-state index is 2.70. The summed E-state index contributed by atoms with van der Waals surface area (Å²) in [5, 5.41) is 0. The lowest BCUT2D eigenvalue weighted by atomic mass is 9.91. The number of nitrogens with zero attached hydrogens (tertiary/aromatic N) is 2. The topological polar surface area (TPSA) is 6.48 Å². The van der Waals surface area contributed by atoms with Crippen molar-refractivity contribution in [2.75, 3.05) is 32.7 Å². The number of hydrogen-bond acceptors (Lipinski definition) is 2. The Labute approximate surface area is 155 Å². The average molecular weight is 343 g/mol. The van der Waals surface area contributed by atoms with Crippen molar-refractivity contribution in [1.82, 2.24) is 9.80 Å². The number of rotatable bonds is 7. The minimum absolute atomic E-state index is 0.558. The lowest BCUT2D eigenvalue weighted by molar-refractivity contribution is 0.0984. The summed E-state index contributed by atoms with van der Waals surface area (Å²) < 4.78 is 0. The Morgan fingerprint density at radius 2 is 1.60 bits per heavy atom. The lowest BCUT2D eigenvalue weighted by Gasteiger charge is -2.40. The second-order valence-electron chi connectivity index (χ2n) is 8.59. The Hall–Kier alpha value is -1.12. The molecule has 1 aliphatic heterocycles. The molecule has 2 heteroatoms. The minimum atomic E-state index is 0.558. The Morgan fingerprint density at radius 1 is 1.00 bits per heavy atom. The monoisotopic (exact) mass is 342 g/mol. The average Bonchev–Trinajstić information content (AvgIpc) is 2.54. The first-order chi connectivity index (χ1) is 11.8. The summed E-state index contributed by atoms with van der Waals surface area (Å²) in [4.78, 5) is 5.33. The van der Waals surface area contributed by atoms with Crippen molar-refractivity contribution in [3.05, 3.63) is 47.0 Å². The predicted octanol–water partition coefficient (Wildman–Crippen LogP) is 5.10. The molecule has 2 nitrogen and oxygen atoms in total. The zero-order valence-electron chi connectivity index (χ0n) is 17.3. The van der Waals surface area contributed by atoms with Gasteiger partial charge in [-0.25, -0.2) is 0 Å². The largest absolute Gasteiger partial charge is 0.301 e. The minimum Gasteiger partial charge on any atom is -0.301 e. The SMILES string of the molecule is CC(C)=CC(CC(C)c1ccc(C)cc1)N1CCN(CC(C)C)CC1. The highest BCUT2D eigenvalue weighted by molar-refractivity contribution is 5.24. The van der Waals surface area contributed by atoms with Crippen molar-refractivity contribution in [1.29, 1.82) is 0 Å². The van der Waals surface area contributed by atoms with Gasteiger partial charge in [-0.3, -0.25) is 4.90 Å². The fraction of sp³-hybridized carbons (Fsp3) is 0.652. The van der Waals surface area contributed by atoms with Crippen LogP contribution in [0, 0.1) is 12.8 Å². The van der Waals surface area contributed by atoms with Crippen LogP contribution >= 0.6 is 0 Å². The van der Waals surface area contributed by atoms with Gasteiger partial charge in [-0.15, -0.1) is 0 Å². The van der Waals surface area contributed by atoms with Gasteiger partial charge in [0, 0.05) is 38.8 Å². The van der Waals surface area contributed by atoms with Gasteiger partial charge in [0.15, 0.2) is 0 Å². The molecule has 0 aromatic heterocycles. The van der Waals surface area contributed by atoms with Gasteiger partial charge in [-0.1, -0.05) is 62.2 Å². The van der Waals surface area contributed by atoms with Crippen LogP contribution in [0.1, 0.15) is 58.1 Å². The fourth-order valence-electron chi connectivity index (χ4n) is 3.89. The molecular weight excluding hydrogens is 304 g/mol.